The Morgan fingerprint density at radius 3 is 2.82 bits per heavy atom. The molecule has 0 atom stereocenters. The number of hydrogen-bond donors (Lipinski definition) is 1. The molecule has 0 unspecified atom stereocenters. The number of carbonyl (C=O) groups excluding carboxylic acids is 1. The van der Waals surface area contributed by atoms with Crippen molar-refractivity contribution in [2.75, 3.05) is 26.2 Å². The summed E-state index contributed by atoms with van der Waals surface area (Å²) < 4.78 is 29.8. The lowest BCUT2D eigenvalue weighted by atomic mass is 9.84. The quantitative estimate of drug-likeness (QED) is 0.568. The first-order valence-corrected chi connectivity index (χ1v) is 13.1. The predicted octanol–water partition coefficient (Wildman–Crippen LogP) is 4.20. The van der Waals surface area contributed by atoms with E-state index in [-0.39, 0.29) is 11.9 Å². The molecular formula is C25H34F2N4O2S. The number of rotatable bonds is 9. The molecule has 2 aliphatic rings. The highest BCUT2D eigenvalue weighted by Gasteiger charge is 2.24. The van der Waals surface area contributed by atoms with E-state index in [9.17, 15) is 13.6 Å². The monoisotopic (exact) mass is 492 g/mol. The van der Waals surface area contributed by atoms with Gasteiger partial charge in [0.2, 0.25) is 5.91 Å². The van der Waals surface area contributed by atoms with Crippen molar-refractivity contribution in [3.05, 3.63) is 40.2 Å². The minimum absolute atomic E-state index is 0.0995. The summed E-state index contributed by atoms with van der Waals surface area (Å²) in [7, 11) is 0. The second kappa shape index (κ2) is 12.0. The van der Waals surface area contributed by atoms with E-state index in [1.54, 1.807) is 6.20 Å². The molecule has 0 spiro atoms. The average Bonchev–Trinajstić information content (AvgIpc) is 3.10. The van der Waals surface area contributed by atoms with Crippen molar-refractivity contribution in [3.8, 4) is 5.19 Å². The predicted molar refractivity (Wildman–Crippen MR) is 129 cm³/mol. The van der Waals surface area contributed by atoms with Gasteiger partial charge < -0.3 is 15.0 Å². The number of pyridine rings is 1. The molecule has 0 radical (unpaired) electrons. The van der Waals surface area contributed by atoms with Gasteiger partial charge in [-0.2, -0.15) is 0 Å². The standard InChI is InChI=1S/C25H34F2N4O2S/c1-17-14-19(6-10-28-17)15-24(32)29-20-4-2-18(3-5-20)7-11-31-12-8-21-22(9-13-31)34-25(30-21)33-16-23(26)27/h6,10,14,18,20,23H,2-5,7-9,11-13,15-16H2,1H3,(H,29,32)/t18-,20-. The Bertz CT molecular complexity index is 921. The van der Waals surface area contributed by atoms with Gasteiger partial charge in [0.05, 0.1) is 12.1 Å². The molecule has 1 aliphatic carbocycles. The molecule has 0 bridgehead atoms. The summed E-state index contributed by atoms with van der Waals surface area (Å²) >= 11 is 1.41. The number of nitrogens with one attached hydrogen (secondary N) is 1. The molecule has 2 aromatic rings. The Balaban J connectivity index is 1.13. The second-order valence-electron chi connectivity index (χ2n) is 9.45. The highest BCUT2D eigenvalue weighted by atomic mass is 32.1. The maximum Gasteiger partial charge on any atom is 0.273 e. The van der Waals surface area contributed by atoms with Crippen molar-refractivity contribution in [1.29, 1.82) is 0 Å². The summed E-state index contributed by atoms with van der Waals surface area (Å²) in [5.41, 5.74) is 2.96. The lowest BCUT2D eigenvalue weighted by molar-refractivity contribution is -0.121. The fraction of sp³-hybridized carbons (Fsp3) is 0.640. The highest BCUT2D eigenvalue weighted by Crippen LogP contribution is 2.30. The van der Waals surface area contributed by atoms with Crippen LogP contribution in [0.25, 0.3) is 0 Å². The maximum absolute atomic E-state index is 12.4. The van der Waals surface area contributed by atoms with Crippen molar-refractivity contribution < 1.29 is 18.3 Å². The molecule has 6 nitrogen and oxygen atoms in total. The number of fused-ring (bicyclic) bond motifs is 1. The maximum atomic E-state index is 12.4. The van der Waals surface area contributed by atoms with Crippen LogP contribution in [0, 0.1) is 12.8 Å². The van der Waals surface area contributed by atoms with E-state index in [0.717, 1.165) is 75.1 Å². The normalized spacial score (nSPS) is 21.2. The Morgan fingerprint density at radius 1 is 1.26 bits per heavy atom. The van der Waals surface area contributed by atoms with Gasteiger partial charge in [0, 0.05) is 42.3 Å². The summed E-state index contributed by atoms with van der Waals surface area (Å²) in [5, 5.41) is 3.59. The van der Waals surface area contributed by atoms with Gasteiger partial charge in [-0.3, -0.25) is 9.78 Å². The Labute approximate surface area is 204 Å². The molecule has 3 heterocycles. The zero-order valence-electron chi connectivity index (χ0n) is 19.8. The highest BCUT2D eigenvalue weighted by molar-refractivity contribution is 7.13. The van der Waals surface area contributed by atoms with Crippen molar-refractivity contribution in [2.45, 2.75) is 70.8 Å². The Hall–Kier alpha value is -2.13. The molecule has 1 saturated carbocycles. The Morgan fingerprint density at radius 2 is 2.06 bits per heavy atom. The van der Waals surface area contributed by atoms with Crippen molar-refractivity contribution in [3.63, 3.8) is 0 Å². The molecule has 4 rings (SSSR count). The summed E-state index contributed by atoms with van der Waals surface area (Å²) in [6.45, 7) is 4.35. The van der Waals surface area contributed by atoms with Gasteiger partial charge in [-0.1, -0.05) is 11.3 Å². The number of nitrogens with zero attached hydrogens (tertiary/aromatic N) is 3. The number of thiazole rings is 1. The molecule has 1 fully saturated rings. The largest absolute Gasteiger partial charge is 0.464 e. The molecule has 1 amide bonds. The van der Waals surface area contributed by atoms with Crippen molar-refractivity contribution in [1.82, 2.24) is 20.2 Å². The van der Waals surface area contributed by atoms with Crippen LogP contribution in [0.1, 0.15) is 53.9 Å². The molecule has 9 heteroatoms. The minimum atomic E-state index is -2.47. The molecule has 1 N–H and O–H groups in total. The van der Waals surface area contributed by atoms with Gasteiger partial charge in [0.25, 0.3) is 11.6 Å². The fourth-order valence-electron chi connectivity index (χ4n) is 4.94. The lowest BCUT2D eigenvalue weighted by Crippen LogP contribution is -2.39. The van der Waals surface area contributed by atoms with Crippen LogP contribution in [0.5, 0.6) is 5.19 Å². The molecule has 186 valence electrons. The van der Waals surface area contributed by atoms with Crippen LogP contribution in [-0.2, 0) is 24.1 Å². The molecule has 2 aromatic heterocycles. The zero-order chi connectivity index (χ0) is 23.9. The summed E-state index contributed by atoms with van der Waals surface area (Å²) in [6.07, 6.45) is 7.05. The van der Waals surface area contributed by atoms with E-state index in [4.69, 9.17) is 4.74 Å². The summed E-state index contributed by atoms with van der Waals surface area (Å²) in [6, 6.07) is 4.16. The topological polar surface area (TPSA) is 67.4 Å². The van der Waals surface area contributed by atoms with Gasteiger partial charge in [-0.25, -0.2) is 13.8 Å². The minimum Gasteiger partial charge on any atom is -0.464 e. The van der Waals surface area contributed by atoms with E-state index >= 15 is 0 Å². The number of halogens is 2. The van der Waals surface area contributed by atoms with Crippen LogP contribution in [0.3, 0.4) is 0 Å². The number of hydrogen-bond acceptors (Lipinski definition) is 6. The van der Waals surface area contributed by atoms with Crippen LogP contribution in [0.2, 0.25) is 0 Å². The molecule has 1 aliphatic heterocycles. The van der Waals surface area contributed by atoms with E-state index in [1.807, 2.05) is 19.1 Å². The number of aromatic nitrogens is 2. The van der Waals surface area contributed by atoms with Gasteiger partial charge in [0.15, 0.2) is 6.61 Å². The van der Waals surface area contributed by atoms with Crippen molar-refractivity contribution in [2.24, 2.45) is 5.92 Å². The number of carbonyl (C=O) groups is 1. The van der Waals surface area contributed by atoms with Gasteiger partial charge in [0.1, 0.15) is 0 Å². The van der Waals surface area contributed by atoms with Crippen LogP contribution in [0.4, 0.5) is 8.78 Å². The molecule has 0 saturated heterocycles. The first-order valence-electron chi connectivity index (χ1n) is 12.3. The van der Waals surface area contributed by atoms with E-state index in [0.29, 0.717) is 17.5 Å². The summed E-state index contributed by atoms with van der Waals surface area (Å²) in [5.74, 6) is 0.809. The van der Waals surface area contributed by atoms with Crippen LogP contribution in [0.15, 0.2) is 18.3 Å². The van der Waals surface area contributed by atoms with Crippen molar-refractivity contribution >= 4 is 17.2 Å². The third-order valence-electron chi connectivity index (χ3n) is 6.80. The van der Waals surface area contributed by atoms with E-state index < -0.39 is 13.0 Å². The SMILES string of the molecule is Cc1cc(CC(=O)N[C@H]2CC[C@H](CCN3CCc4nc(OCC(F)F)sc4CC3)CC2)ccn1. The smallest absolute Gasteiger partial charge is 0.273 e. The van der Waals surface area contributed by atoms with Crippen LogP contribution in [-0.4, -0.2) is 59.5 Å². The third-order valence-corrected chi connectivity index (χ3v) is 7.87. The number of amides is 1. The number of alkyl halides is 2. The van der Waals surface area contributed by atoms with E-state index in [1.165, 1.54) is 22.6 Å². The van der Waals surface area contributed by atoms with Gasteiger partial charge in [-0.15, -0.1) is 0 Å². The summed E-state index contributed by atoms with van der Waals surface area (Å²) in [4.78, 5) is 24.7. The fourth-order valence-corrected chi connectivity index (χ4v) is 5.90. The molecule has 34 heavy (non-hydrogen) atoms. The number of aryl methyl sites for hydroxylation is 1. The molecule has 0 aromatic carbocycles. The second-order valence-corrected chi connectivity index (χ2v) is 10.5. The zero-order valence-corrected chi connectivity index (χ0v) is 20.6. The van der Waals surface area contributed by atoms with E-state index in [2.05, 4.69) is 20.2 Å². The van der Waals surface area contributed by atoms with Gasteiger partial charge >= 0.3 is 0 Å². The third kappa shape index (κ3) is 7.43. The Kier molecular flexibility index (Phi) is 8.83. The van der Waals surface area contributed by atoms with Crippen LogP contribution >= 0.6 is 11.3 Å². The molecular weight excluding hydrogens is 458 g/mol. The first kappa shape index (κ1) is 25.0. The van der Waals surface area contributed by atoms with Crippen LogP contribution < -0.4 is 10.1 Å². The van der Waals surface area contributed by atoms with Gasteiger partial charge in [-0.05, 0) is 75.6 Å². The number of ether oxygens (including phenoxy) is 1. The lowest BCUT2D eigenvalue weighted by Gasteiger charge is -2.30. The first-order chi connectivity index (χ1) is 16.4. The average molecular weight is 493 g/mol.